The fraction of sp³-hybridized carbons (Fsp3) is 0.188. The van der Waals surface area contributed by atoms with Gasteiger partial charge in [0.25, 0.3) is 0 Å². The lowest BCUT2D eigenvalue weighted by Crippen LogP contribution is -2.28. The highest BCUT2D eigenvalue weighted by atomic mass is 35.5. The van der Waals surface area contributed by atoms with Gasteiger partial charge >= 0.3 is 0 Å². The predicted molar refractivity (Wildman–Crippen MR) is 82.8 cm³/mol. The van der Waals surface area contributed by atoms with Gasteiger partial charge in [-0.3, -0.25) is 0 Å². The summed E-state index contributed by atoms with van der Waals surface area (Å²) in [6.07, 6.45) is 2.29. The van der Waals surface area contributed by atoms with Gasteiger partial charge in [-0.15, -0.1) is 0 Å². The van der Waals surface area contributed by atoms with Crippen LogP contribution in [-0.4, -0.2) is 15.6 Å². The molecule has 0 saturated carbocycles. The minimum atomic E-state index is -0.297. The van der Waals surface area contributed by atoms with E-state index < -0.39 is 0 Å². The van der Waals surface area contributed by atoms with E-state index >= 15 is 0 Å². The van der Waals surface area contributed by atoms with Crippen LogP contribution in [0.4, 0.5) is 4.39 Å². The van der Waals surface area contributed by atoms with Crippen LogP contribution in [0.3, 0.4) is 0 Å². The van der Waals surface area contributed by atoms with E-state index in [1.807, 2.05) is 28.8 Å². The molecule has 1 aromatic heterocycles. The summed E-state index contributed by atoms with van der Waals surface area (Å²) in [5.41, 5.74) is 8.89. The van der Waals surface area contributed by atoms with Crippen molar-refractivity contribution in [1.82, 2.24) is 9.55 Å². The number of benzene rings is 2. The maximum Gasteiger partial charge on any atom is 0.123 e. The van der Waals surface area contributed by atoms with Crippen molar-refractivity contribution >= 4 is 22.6 Å². The van der Waals surface area contributed by atoms with Gasteiger partial charge in [-0.05, 0) is 42.3 Å². The van der Waals surface area contributed by atoms with E-state index in [2.05, 4.69) is 4.98 Å². The molecule has 21 heavy (non-hydrogen) atoms. The zero-order valence-electron chi connectivity index (χ0n) is 11.3. The lowest BCUT2D eigenvalue weighted by atomic mass is 10.1. The lowest BCUT2D eigenvalue weighted by Gasteiger charge is -2.14. The highest BCUT2D eigenvalue weighted by Gasteiger charge is 2.11. The van der Waals surface area contributed by atoms with E-state index in [1.54, 1.807) is 12.4 Å². The normalized spacial score (nSPS) is 12.7. The first-order valence-electron chi connectivity index (χ1n) is 6.73. The minimum Gasteiger partial charge on any atom is -0.329 e. The first-order valence-corrected chi connectivity index (χ1v) is 7.10. The van der Waals surface area contributed by atoms with E-state index in [0.717, 1.165) is 16.6 Å². The molecule has 3 nitrogen and oxygen atoms in total. The van der Waals surface area contributed by atoms with Crippen LogP contribution >= 0.6 is 11.6 Å². The number of rotatable bonds is 4. The standard InChI is InChI=1S/C16H15ClFN3/c17-14-6-5-12(18)7-11(14)8-13(19)9-21-10-20-15-3-1-2-4-16(15)21/h1-7,10,13H,8-9,19H2. The quantitative estimate of drug-likeness (QED) is 0.803. The summed E-state index contributed by atoms with van der Waals surface area (Å²) in [4.78, 5) is 4.33. The Labute approximate surface area is 127 Å². The topological polar surface area (TPSA) is 43.8 Å². The lowest BCUT2D eigenvalue weighted by molar-refractivity contribution is 0.556. The largest absolute Gasteiger partial charge is 0.329 e. The van der Waals surface area contributed by atoms with Crippen molar-refractivity contribution < 1.29 is 4.39 Å². The Morgan fingerprint density at radius 1 is 1.24 bits per heavy atom. The Hall–Kier alpha value is -1.91. The maximum atomic E-state index is 13.3. The molecule has 1 heterocycles. The molecule has 2 aromatic carbocycles. The highest BCUT2D eigenvalue weighted by molar-refractivity contribution is 6.31. The van der Waals surface area contributed by atoms with Crippen molar-refractivity contribution in [3.05, 3.63) is 65.2 Å². The van der Waals surface area contributed by atoms with Crippen LogP contribution < -0.4 is 5.73 Å². The molecule has 0 aliphatic carbocycles. The van der Waals surface area contributed by atoms with E-state index in [4.69, 9.17) is 17.3 Å². The van der Waals surface area contributed by atoms with Crippen LogP contribution in [0, 0.1) is 5.82 Å². The molecule has 0 fully saturated rings. The molecule has 0 bridgehead atoms. The second-order valence-electron chi connectivity index (χ2n) is 5.09. The number of fused-ring (bicyclic) bond motifs is 1. The molecular formula is C16H15ClFN3. The van der Waals surface area contributed by atoms with Crippen LogP contribution in [0.5, 0.6) is 0 Å². The van der Waals surface area contributed by atoms with E-state index in [1.165, 1.54) is 12.1 Å². The number of nitrogens with zero attached hydrogens (tertiary/aromatic N) is 2. The number of hydrogen-bond acceptors (Lipinski definition) is 2. The molecule has 0 aliphatic heterocycles. The van der Waals surface area contributed by atoms with Crippen LogP contribution in [-0.2, 0) is 13.0 Å². The fourth-order valence-corrected chi connectivity index (χ4v) is 2.65. The van der Waals surface area contributed by atoms with E-state index in [0.29, 0.717) is 18.0 Å². The van der Waals surface area contributed by atoms with E-state index in [9.17, 15) is 4.39 Å². The third-order valence-electron chi connectivity index (χ3n) is 3.45. The van der Waals surface area contributed by atoms with Gasteiger partial charge in [-0.2, -0.15) is 0 Å². The molecule has 0 saturated heterocycles. The average Bonchev–Trinajstić information content (AvgIpc) is 2.86. The molecule has 1 unspecified atom stereocenters. The average molecular weight is 304 g/mol. The van der Waals surface area contributed by atoms with Crippen LogP contribution in [0.15, 0.2) is 48.8 Å². The number of para-hydroxylation sites is 2. The second kappa shape index (κ2) is 5.84. The molecule has 3 rings (SSSR count). The first-order chi connectivity index (χ1) is 10.1. The summed E-state index contributed by atoms with van der Waals surface area (Å²) in [5, 5.41) is 0.544. The minimum absolute atomic E-state index is 0.165. The molecule has 1 atom stereocenters. The summed E-state index contributed by atoms with van der Waals surface area (Å²) in [5.74, 6) is -0.297. The molecule has 2 N–H and O–H groups in total. The third kappa shape index (κ3) is 3.06. The molecule has 0 amide bonds. The Balaban J connectivity index is 1.77. The number of aromatic nitrogens is 2. The third-order valence-corrected chi connectivity index (χ3v) is 3.82. The van der Waals surface area contributed by atoms with Crippen molar-refractivity contribution in [2.75, 3.05) is 0 Å². The molecule has 108 valence electrons. The molecular weight excluding hydrogens is 289 g/mol. The van der Waals surface area contributed by atoms with Gasteiger partial charge in [-0.1, -0.05) is 23.7 Å². The van der Waals surface area contributed by atoms with Crippen LogP contribution in [0.2, 0.25) is 5.02 Å². The van der Waals surface area contributed by atoms with Crippen molar-refractivity contribution in [2.24, 2.45) is 5.73 Å². The predicted octanol–water partition coefficient (Wildman–Crippen LogP) is 3.40. The summed E-state index contributed by atoms with van der Waals surface area (Å²) in [7, 11) is 0. The Morgan fingerprint density at radius 3 is 2.90 bits per heavy atom. The van der Waals surface area contributed by atoms with Crippen molar-refractivity contribution in [2.45, 2.75) is 19.0 Å². The summed E-state index contributed by atoms with van der Waals surface area (Å²) < 4.78 is 15.3. The number of hydrogen-bond donors (Lipinski definition) is 1. The zero-order valence-corrected chi connectivity index (χ0v) is 12.1. The van der Waals surface area contributed by atoms with Gasteiger partial charge in [0.05, 0.1) is 17.4 Å². The second-order valence-corrected chi connectivity index (χ2v) is 5.49. The van der Waals surface area contributed by atoms with Crippen molar-refractivity contribution in [3.8, 4) is 0 Å². The fourth-order valence-electron chi connectivity index (χ4n) is 2.46. The van der Waals surface area contributed by atoms with Crippen molar-refractivity contribution in [1.29, 1.82) is 0 Å². The van der Waals surface area contributed by atoms with Crippen LogP contribution in [0.1, 0.15) is 5.56 Å². The number of imidazole rings is 1. The molecule has 0 spiro atoms. The molecule has 0 radical (unpaired) electrons. The Morgan fingerprint density at radius 2 is 2.05 bits per heavy atom. The molecule has 3 aromatic rings. The zero-order chi connectivity index (χ0) is 14.8. The van der Waals surface area contributed by atoms with Gasteiger partial charge in [0.1, 0.15) is 5.82 Å². The summed E-state index contributed by atoms with van der Waals surface area (Å²) in [6.45, 7) is 0.605. The summed E-state index contributed by atoms with van der Waals surface area (Å²) in [6, 6.07) is 12.1. The highest BCUT2D eigenvalue weighted by Crippen LogP contribution is 2.19. The number of nitrogens with two attached hydrogens (primary N) is 1. The van der Waals surface area contributed by atoms with Gasteiger partial charge < -0.3 is 10.3 Å². The van der Waals surface area contributed by atoms with E-state index in [-0.39, 0.29) is 11.9 Å². The maximum absolute atomic E-state index is 13.3. The Bertz CT molecular complexity index is 769. The monoisotopic (exact) mass is 303 g/mol. The Kier molecular flexibility index (Phi) is 3.90. The molecule has 0 aliphatic rings. The summed E-state index contributed by atoms with van der Waals surface area (Å²) >= 11 is 6.08. The SMILES string of the molecule is NC(Cc1cc(F)ccc1Cl)Cn1cnc2ccccc21. The molecule has 5 heteroatoms. The van der Waals surface area contributed by atoms with Gasteiger partial charge in [0.15, 0.2) is 0 Å². The first kappa shape index (κ1) is 14.0. The van der Waals surface area contributed by atoms with Gasteiger partial charge in [0, 0.05) is 17.6 Å². The smallest absolute Gasteiger partial charge is 0.123 e. The van der Waals surface area contributed by atoms with Crippen LogP contribution in [0.25, 0.3) is 11.0 Å². The van der Waals surface area contributed by atoms with Crippen molar-refractivity contribution in [3.63, 3.8) is 0 Å². The van der Waals surface area contributed by atoms with Gasteiger partial charge in [-0.25, -0.2) is 9.37 Å². The van der Waals surface area contributed by atoms with Gasteiger partial charge in [0.2, 0.25) is 0 Å². The number of halogens is 2.